The SMILES string of the molecule is COC(=O)C=Cc1ccc2nn3cc(-c4ccccc4)c(-c4ccc(C5(N)CCC5)cc4)nc3c2c1.NC(=O)/C=C/c1ccc2nn3cc(-c4ccccc4)c(-c4ccc(C5(N)CCC5)cc4)nc3c2c1. The van der Waals surface area contributed by atoms with Gasteiger partial charge in [-0.05, 0) is 108 Å². The minimum absolute atomic E-state index is 0.200. The first-order chi connectivity index (χ1) is 34.5. The average Bonchev–Trinajstić information content (AvgIpc) is 3.94. The Labute approximate surface area is 410 Å². The van der Waals surface area contributed by atoms with E-state index in [1.54, 1.807) is 12.2 Å². The molecule has 0 spiro atoms. The topological polar surface area (TPSA) is 182 Å². The van der Waals surface area contributed by atoms with Gasteiger partial charge in [-0.25, -0.2) is 23.8 Å². The van der Waals surface area contributed by atoms with Crippen LogP contribution in [0.25, 0.3) is 90.0 Å². The van der Waals surface area contributed by atoms with Gasteiger partial charge in [0.2, 0.25) is 5.91 Å². The van der Waals surface area contributed by atoms with Crippen molar-refractivity contribution in [2.45, 2.75) is 49.6 Å². The maximum Gasteiger partial charge on any atom is 0.330 e. The number of ether oxygens (including phenoxy) is 1. The van der Waals surface area contributed by atoms with E-state index in [0.29, 0.717) is 0 Å². The first-order valence-corrected chi connectivity index (χ1v) is 23.8. The summed E-state index contributed by atoms with van der Waals surface area (Å²) in [5, 5.41) is 11.4. The number of hydrogen-bond acceptors (Lipinski definition) is 9. The number of methoxy groups -OCH3 is 1. The van der Waals surface area contributed by atoms with E-state index >= 15 is 0 Å². The Morgan fingerprint density at radius 1 is 0.549 bits per heavy atom. The Morgan fingerprint density at radius 2 is 0.972 bits per heavy atom. The van der Waals surface area contributed by atoms with E-state index in [2.05, 4.69) is 72.8 Å². The molecule has 2 aliphatic rings. The Hall–Kier alpha value is -8.58. The molecule has 0 atom stereocenters. The highest BCUT2D eigenvalue weighted by molar-refractivity contribution is 5.98. The molecule has 71 heavy (non-hydrogen) atoms. The second-order valence-corrected chi connectivity index (χ2v) is 18.6. The number of aromatic nitrogens is 6. The van der Waals surface area contributed by atoms with Crippen LogP contribution in [0.2, 0.25) is 0 Å². The van der Waals surface area contributed by atoms with E-state index < -0.39 is 11.9 Å². The van der Waals surface area contributed by atoms with Gasteiger partial charge in [-0.1, -0.05) is 121 Å². The van der Waals surface area contributed by atoms with Crippen molar-refractivity contribution in [1.29, 1.82) is 0 Å². The highest BCUT2D eigenvalue weighted by atomic mass is 16.5. The summed E-state index contributed by atoms with van der Waals surface area (Å²) in [6.07, 6.45) is 16.8. The van der Waals surface area contributed by atoms with Gasteiger partial charge in [-0.2, -0.15) is 10.2 Å². The lowest BCUT2D eigenvalue weighted by atomic mass is 9.72. The molecule has 2 saturated carbocycles. The number of rotatable bonds is 10. The normalized spacial score (nSPS) is 14.9. The van der Waals surface area contributed by atoms with Crippen molar-refractivity contribution in [3.05, 3.63) is 192 Å². The Morgan fingerprint density at radius 3 is 1.35 bits per heavy atom. The van der Waals surface area contributed by atoms with Crippen LogP contribution in [0.15, 0.2) is 170 Å². The molecule has 12 heteroatoms. The van der Waals surface area contributed by atoms with Gasteiger partial charge in [-0.15, -0.1) is 0 Å². The standard InChI is InChI=1S/C30H26N4O2.C29H25N5O/c1-36-27(35)15-9-20-8-14-26-24(18-20)29-32-28(22-10-12-23(13-11-22)30(31)16-5-17-30)25(19-34(29)33-26)21-6-3-2-4-7-21;30-26(35)14-8-19-7-13-25-23(17-19)28-32-27(21-9-11-22(12-10-21)29(31)15-4-16-29)24(18-34(28)33-25)20-5-2-1-3-6-20/h2-4,6-15,18-19H,5,16-17,31H2,1H3;1-3,5-14,17-18H,4,15-16,31H2,(H2,30,35)/b;14-8+. The number of primary amides is 1. The lowest BCUT2D eigenvalue weighted by Gasteiger charge is -2.38. The largest absolute Gasteiger partial charge is 0.466 e. The third-order valence-corrected chi connectivity index (χ3v) is 14.0. The molecular formula is C59H51N9O3. The smallest absolute Gasteiger partial charge is 0.330 e. The zero-order valence-corrected chi connectivity index (χ0v) is 39.2. The monoisotopic (exact) mass is 933 g/mol. The van der Waals surface area contributed by atoms with Crippen LogP contribution in [0.5, 0.6) is 0 Å². The fraction of sp³-hybridized carbons (Fsp3) is 0.153. The molecule has 6 N–H and O–H groups in total. The van der Waals surface area contributed by atoms with Crippen LogP contribution in [0, 0.1) is 0 Å². The molecule has 0 radical (unpaired) electrons. The molecule has 0 unspecified atom stereocenters. The van der Waals surface area contributed by atoms with Crippen molar-refractivity contribution in [1.82, 2.24) is 29.2 Å². The van der Waals surface area contributed by atoms with Gasteiger partial charge < -0.3 is 21.9 Å². The number of benzene rings is 6. The van der Waals surface area contributed by atoms with Crippen molar-refractivity contribution in [3.8, 4) is 44.8 Å². The van der Waals surface area contributed by atoms with Crippen LogP contribution in [-0.2, 0) is 25.4 Å². The quantitative estimate of drug-likeness (QED) is 0.0888. The minimum atomic E-state index is -0.484. The maximum atomic E-state index is 11.5. The second-order valence-electron chi connectivity index (χ2n) is 18.6. The maximum absolute atomic E-state index is 11.5. The number of amides is 1. The van der Waals surface area contributed by atoms with Gasteiger partial charge >= 0.3 is 5.97 Å². The zero-order valence-electron chi connectivity index (χ0n) is 39.2. The number of nitrogens with zero attached hydrogens (tertiary/aromatic N) is 6. The molecule has 6 aromatic carbocycles. The van der Waals surface area contributed by atoms with Gasteiger partial charge in [0.25, 0.3) is 0 Å². The number of carbonyl (C=O) groups excluding carboxylic acids is 2. The molecule has 350 valence electrons. The summed E-state index contributed by atoms with van der Waals surface area (Å²) in [4.78, 5) is 33.0. The van der Waals surface area contributed by atoms with Crippen LogP contribution >= 0.6 is 0 Å². The molecule has 2 fully saturated rings. The molecular weight excluding hydrogens is 883 g/mol. The van der Waals surface area contributed by atoms with Crippen molar-refractivity contribution in [2.75, 3.05) is 7.11 Å². The number of fused-ring (bicyclic) bond motifs is 6. The van der Waals surface area contributed by atoms with Crippen LogP contribution in [0.4, 0.5) is 0 Å². The molecule has 0 bridgehead atoms. The Balaban J connectivity index is 0.000000154. The minimum Gasteiger partial charge on any atom is -0.466 e. The van der Waals surface area contributed by atoms with Crippen molar-refractivity contribution in [2.24, 2.45) is 17.2 Å². The molecule has 1 amide bonds. The Bertz CT molecular complexity index is 3700. The van der Waals surface area contributed by atoms with E-state index in [4.69, 9.17) is 42.1 Å². The van der Waals surface area contributed by atoms with Crippen molar-refractivity contribution < 1.29 is 14.3 Å². The fourth-order valence-electron chi connectivity index (χ4n) is 9.64. The molecule has 0 aliphatic heterocycles. The molecule has 12 rings (SSSR count). The number of nitrogens with two attached hydrogens (primary N) is 3. The second kappa shape index (κ2) is 18.4. The lowest BCUT2D eigenvalue weighted by Crippen LogP contribution is -2.43. The van der Waals surface area contributed by atoms with E-state index in [1.807, 2.05) is 94.2 Å². The zero-order chi connectivity index (χ0) is 48.7. The summed E-state index contributed by atoms with van der Waals surface area (Å²) < 4.78 is 8.38. The van der Waals surface area contributed by atoms with Gasteiger partial charge in [0.05, 0.1) is 29.5 Å². The summed E-state index contributed by atoms with van der Waals surface area (Å²) in [5.41, 5.74) is 33.2. The Kier molecular flexibility index (Phi) is 11.6. The van der Waals surface area contributed by atoms with Gasteiger partial charge in [-0.3, -0.25) is 4.79 Å². The first kappa shape index (κ1) is 44.9. The number of carbonyl (C=O) groups is 2. The third-order valence-electron chi connectivity index (χ3n) is 14.0. The molecule has 4 heterocycles. The molecule has 4 aromatic heterocycles. The molecule has 2 aliphatic carbocycles. The summed E-state index contributed by atoms with van der Waals surface area (Å²) in [5.74, 6) is -0.880. The van der Waals surface area contributed by atoms with Gasteiger partial charge in [0, 0.05) is 68.6 Å². The predicted octanol–water partition coefficient (Wildman–Crippen LogP) is 10.8. The van der Waals surface area contributed by atoms with E-state index in [-0.39, 0.29) is 11.1 Å². The van der Waals surface area contributed by atoms with Gasteiger partial charge in [0.1, 0.15) is 0 Å². The van der Waals surface area contributed by atoms with E-state index in [9.17, 15) is 9.59 Å². The van der Waals surface area contributed by atoms with Crippen LogP contribution in [0.3, 0.4) is 0 Å². The van der Waals surface area contributed by atoms with Crippen molar-refractivity contribution in [3.63, 3.8) is 0 Å². The number of hydrogen-bond donors (Lipinski definition) is 3. The first-order valence-electron chi connectivity index (χ1n) is 23.8. The van der Waals surface area contributed by atoms with Crippen LogP contribution in [0.1, 0.15) is 60.8 Å². The van der Waals surface area contributed by atoms with Crippen LogP contribution < -0.4 is 17.2 Å². The summed E-state index contributed by atoms with van der Waals surface area (Å²) in [6, 6.07) is 49.2. The van der Waals surface area contributed by atoms with Crippen molar-refractivity contribution >= 4 is 57.1 Å². The average molecular weight is 934 g/mol. The summed E-state index contributed by atoms with van der Waals surface area (Å²) in [7, 11) is 1.36. The highest BCUT2D eigenvalue weighted by Gasteiger charge is 2.35. The molecule has 10 aromatic rings. The predicted molar refractivity (Wildman–Crippen MR) is 281 cm³/mol. The number of esters is 1. The van der Waals surface area contributed by atoms with Crippen LogP contribution in [-0.4, -0.2) is 48.2 Å². The molecule has 0 saturated heterocycles. The fourth-order valence-corrected chi connectivity index (χ4v) is 9.64. The summed E-state index contributed by atoms with van der Waals surface area (Å²) in [6.45, 7) is 0. The molecule has 12 nitrogen and oxygen atoms in total. The summed E-state index contributed by atoms with van der Waals surface area (Å²) >= 11 is 0. The van der Waals surface area contributed by atoms with E-state index in [0.717, 1.165) is 115 Å². The van der Waals surface area contributed by atoms with E-state index in [1.165, 1.54) is 43.2 Å². The van der Waals surface area contributed by atoms with Gasteiger partial charge in [0.15, 0.2) is 11.3 Å². The highest BCUT2D eigenvalue weighted by Crippen LogP contribution is 2.42. The lowest BCUT2D eigenvalue weighted by molar-refractivity contribution is -0.134. The third kappa shape index (κ3) is 8.75.